The minimum atomic E-state index is -3.70. The molecule has 0 aromatic heterocycles. The number of carbonyl (C=O) groups excluding carboxylic acids is 1. The largest absolute Gasteiger partial charge is 0.385 e. The van der Waals surface area contributed by atoms with Crippen molar-refractivity contribution in [3.05, 3.63) is 48.5 Å². The van der Waals surface area contributed by atoms with Gasteiger partial charge >= 0.3 is 0 Å². The molecule has 24 heavy (non-hydrogen) atoms. The first-order valence-corrected chi connectivity index (χ1v) is 8.77. The van der Waals surface area contributed by atoms with Gasteiger partial charge in [-0.2, -0.15) is 10.2 Å². The first-order valence-electron chi connectivity index (χ1n) is 7.22. The molecule has 2 aromatic rings. The normalized spacial score (nSPS) is 11.6. The summed E-state index contributed by atoms with van der Waals surface area (Å²) in [4.78, 5) is 10.9. The maximum Gasteiger partial charge on any atom is 0.238 e. The van der Waals surface area contributed by atoms with Gasteiger partial charge in [-0.15, -0.1) is 0 Å². The Hall–Kier alpha value is -2.58. The molecule has 0 amide bonds. The number of nitrogens with two attached hydrogens (primary N) is 1. The maximum atomic E-state index is 11.2. The van der Waals surface area contributed by atoms with Crippen LogP contribution < -0.4 is 10.5 Å². The molecule has 2 rings (SSSR count). The van der Waals surface area contributed by atoms with Crippen LogP contribution in [0.3, 0.4) is 0 Å². The van der Waals surface area contributed by atoms with Crippen LogP contribution in [0, 0.1) is 0 Å². The second kappa shape index (κ2) is 7.80. The molecular formula is C16H18N4O3S. The molecule has 0 spiro atoms. The molecule has 0 fully saturated rings. The third-order valence-corrected chi connectivity index (χ3v) is 4.05. The summed E-state index contributed by atoms with van der Waals surface area (Å²) in [6.45, 7) is 2.15. The van der Waals surface area contributed by atoms with Gasteiger partial charge in [0.1, 0.15) is 5.78 Å². The Labute approximate surface area is 140 Å². The standard InChI is InChI=1S/C16H18N4O3S/c1-12(21)10-11-18-13-2-4-14(5-3-13)19-20-15-6-8-16(9-7-15)24(17,22)23/h2-9,18H,10-11H2,1H3,(H2,17,22,23)/b20-19+. The highest BCUT2D eigenvalue weighted by Gasteiger charge is 2.06. The zero-order valence-electron chi connectivity index (χ0n) is 13.1. The van der Waals surface area contributed by atoms with E-state index in [4.69, 9.17) is 5.14 Å². The molecular weight excluding hydrogens is 328 g/mol. The van der Waals surface area contributed by atoms with Gasteiger partial charge in [-0.3, -0.25) is 4.79 Å². The molecule has 0 saturated heterocycles. The van der Waals surface area contributed by atoms with Gasteiger partial charge in [-0.25, -0.2) is 13.6 Å². The van der Waals surface area contributed by atoms with Crippen molar-refractivity contribution in [2.45, 2.75) is 18.2 Å². The van der Waals surface area contributed by atoms with Crippen molar-refractivity contribution in [2.24, 2.45) is 15.4 Å². The number of carbonyl (C=O) groups is 1. The number of Topliss-reactive ketones (excluding diaryl/α,β-unsaturated/α-hetero) is 1. The Bertz CT molecular complexity index is 829. The number of nitrogens with zero attached hydrogens (tertiary/aromatic N) is 2. The van der Waals surface area contributed by atoms with Crippen molar-refractivity contribution >= 4 is 32.9 Å². The molecule has 0 aliphatic heterocycles. The highest BCUT2D eigenvalue weighted by molar-refractivity contribution is 7.89. The average Bonchev–Trinajstić information content (AvgIpc) is 2.53. The summed E-state index contributed by atoms with van der Waals surface area (Å²) in [5.74, 6) is 0.140. The van der Waals surface area contributed by atoms with E-state index in [1.165, 1.54) is 24.3 Å². The third kappa shape index (κ3) is 5.56. The molecule has 0 unspecified atom stereocenters. The maximum absolute atomic E-state index is 11.2. The van der Waals surface area contributed by atoms with Crippen molar-refractivity contribution in [3.63, 3.8) is 0 Å². The fourth-order valence-electron chi connectivity index (χ4n) is 1.85. The predicted molar refractivity (Wildman–Crippen MR) is 92.2 cm³/mol. The molecule has 0 heterocycles. The fraction of sp³-hybridized carbons (Fsp3) is 0.188. The van der Waals surface area contributed by atoms with Gasteiger partial charge in [0.2, 0.25) is 10.0 Å². The number of ketones is 1. The SMILES string of the molecule is CC(=O)CCNc1ccc(/N=N/c2ccc(S(N)(=O)=O)cc2)cc1. The predicted octanol–water partition coefficient (Wildman–Crippen LogP) is 3.14. The lowest BCUT2D eigenvalue weighted by Crippen LogP contribution is -2.11. The minimum absolute atomic E-state index is 0.0300. The molecule has 2 aromatic carbocycles. The summed E-state index contributed by atoms with van der Waals surface area (Å²) in [6.07, 6.45) is 0.482. The van der Waals surface area contributed by atoms with Gasteiger partial charge < -0.3 is 5.32 Å². The van der Waals surface area contributed by atoms with Gasteiger partial charge in [-0.05, 0) is 55.5 Å². The highest BCUT2D eigenvalue weighted by atomic mass is 32.2. The summed E-state index contributed by atoms with van der Waals surface area (Å²) in [6, 6.07) is 13.1. The summed E-state index contributed by atoms with van der Waals surface area (Å²) in [5.41, 5.74) is 2.07. The van der Waals surface area contributed by atoms with E-state index in [-0.39, 0.29) is 10.7 Å². The fourth-order valence-corrected chi connectivity index (χ4v) is 2.36. The van der Waals surface area contributed by atoms with Crippen LogP contribution >= 0.6 is 0 Å². The van der Waals surface area contributed by atoms with E-state index in [2.05, 4.69) is 15.5 Å². The highest BCUT2D eigenvalue weighted by Crippen LogP contribution is 2.21. The lowest BCUT2D eigenvalue weighted by molar-refractivity contribution is -0.116. The lowest BCUT2D eigenvalue weighted by Gasteiger charge is -2.04. The molecule has 0 atom stereocenters. The van der Waals surface area contributed by atoms with Gasteiger partial charge in [0.15, 0.2) is 0 Å². The third-order valence-electron chi connectivity index (χ3n) is 3.12. The number of hydrogen-bond acceptors (Lipinski definition) is 6. The summed E-state index contributed by atoms with van der Waals surface area (Å²) >= 11 is 0. The Morgan fingerprint density at radius 1 is 1.00 bits per heavy atom. The van der Waals surface area contributed by atoms with Crippen LogP contribution in [-0.4, -0.2) is 20.7 Å². The topological polar surface area (TPSA) is 114 Å². The van der Waals surface area contributed by atoms with E-state index in [1.54, 1.807) is 19.1 Å². The van der Waals surface area contributed by atoms with E-state index >= 15 is 0 Å². The Balaban J connectivity index is 1.98. The van der Waals surface area contributed by atoms with Crippen molar-refractivity contribution in [2.75, 3.05) is 11.9 Å². The number of azo groups is 1. The molecule has 0 aliphatic rings. The summed E-state index contributed by atoms with van der Waals surface area (Å²) in [5, 5.41) is 16.3. The van der Waals surface area contributed by atoms with Crippen molar-refractivity contribution in [3.8, 4) is 0 Å². The molecule has 3 N–H and O–H groups in total. The van der Waals surface area contributed by atoms with Crippen LogP contribution in [0.15, 0.2) is 63.7 Å². The van der Waals surface area contributed by atoms with Gasteiger partial charge in [0, 0.05) is 18.7 Å². The molecule has 0 aliphatic carbocycles. The number of sulfonamides is 1. The van der Waals surface area contributed by atoms with Crippen molar-refractivity contribution < 1.29 is 13.2 Å². The zero-order chi connectivity index (χ0) is 17.6. The van der Waals surface area contributed by atoms with E-state index in [0.29, 0.717) is 24.3 Å². The number of rotatable bonds is 7. The Morgan fingerprint density at radius 2 is 1.50 bits per heavy atom. The monoisotopic (exact) mass is 346 g/mol. The zero-order valence-corrected chi connectivity index (χ0v) is 14.0. The van der Waals surface area contributed by atoms with E-state index in [1.807, 2.05) is 12.1 Å². The first kappa shape index (κ1) is 17.8. The van der Waals surface area contributed by atoms with Gasteiger partial charge in [-0.1, -0.05) is 0 Å². The molecule has 126 valence electrons. The first-order chi connectivity index (χ1) is 11.3. The molecule has 0 radical (unpaired) electrons. The van der Waals surface area contributed by atoms with E-state index in [9.17, 15) is 13.2 Å². The quantitative estimate of drug-likeness (QED) is 0.749. The van der Waals surface area contributed by atoms with E-state index < -0.39 is 10.0 Å². The van der Waals surface area contributed by atoms with Crippen LogP contribution in [0.1, 0.15) is 13.3 Å². The molecule has 8 heteroatoms. The number of primary sulfonamides is 1. The van der Waals surface area contributed by atoms with Crippen LogP contribution in [0.25, 0.3) is 0 Å². The molecule has 0 bridgehead atoms. The van der Waals surface area contributed by atoms with Gasteiger partial charge in [0.25, 0.3) is 0 Å². The number of nitrogens with one attached hydrogen (secondary N) is 1. The second-order valence-corrected chi connectivity index (χ2v) is 6.73. The number of hydrogen-bond donors (Lipinski definition) is 2. The number of benzene rings is 2. The average molecular weight is 346 g/mol. The summed E-state index contributed by atoms with van der Waals surface area (Å²) < 4.78 is 22.3. The minimum Gasteiger partial charge on any atom is -0.385 e. The van der Waals surface area contributed by atoms with Crippen molar-refractivity contribution in [1.29, 1.82) is 0 Å². The Kier molecular flexibility index (Phi) is 5.78. The Morgan fingerprint density at radius 3 is 1.96 bits per heavy atom. The second-order valence-electron chi connectivity index (χ2n) is 5.16. The van der Waals surface area contributed by atoms with Crippen LogP contribution in [-0.2, 0) is 14.8 Å². The lowest BCUT2D eigenvalue weighted by atomic mass is 10.2. The van der Waals surface area contributed by atoms with Crippen molar-refractivity contribution in [1.82, 2.24) is 0 Å². The van der Waals surface area contributed by atoms with Gasteiger partial charge in [0.05, 0.1) is 16.3 Å². The van der Waals surface area contributed by atoms with Crippen LogP contribution in [0.2, 0.25) is 0 Å². The smallest absolute Gasteiger partial charge is 0.238 e. The van der Waals surface area contributed by atoms with E-state index in [0.717, 1.165) is 5.69 Å². The van der Waals surface area contributed by atoms with Crippen LogP contribution in [0.5, 0.6) is 0 Å². The molecule has 0 saturated carbocycles. The number of anilines is 1. The summed E-state index contributed by atoms with van der Waals surface area (Å²) in [7, 11) is -3.70. The van der Waals surface area contributed by atoms with Crippen LogP contribution in [0.4, 0.5) is 17.1 Å². The molecule has 7 nitrogen and oxygen atoms in total.